The summed E-state index contributed by atoms with van der Waals surface area (Å²) in [6, 6.07) is 0. The van der Waals surface area contributed by atoms with Gasteiger partial charge in [0.2, 0.25) is 0 Å². The molecule has 0 radical (unpaired) electrons. The van der Waals surface area contributed by atoms with Crippen LogP contribution in [0.3, 0.4) is 0 Å². The van der Waals surface area contributed by atoms with Gasteiger partial charge in [0.25, 0.3) is 0 Å². The quantitative estimate of drug-likeness (QED) is 0.431. The predicted octanol–water partition coefficient (Wildman–Crippen LogP) is 0.533. The molecule has 0 aromatic rings. The van der Waals surface area contributed by atoms with E-state index in [0.717, 1.165) is 0 Å². The zero-order valence-corrected chi connectivity index (χ0v) is 14.2. The van der Waals surface area contributed by atoms with Crippen LogP contribution in [0.4, 0.5) is 0 Å². The van der Waals surface area contributed by atoms with Crippen LogP contribution in [-0.2, 0) is 22.9 Å². The van der Waals surface area contributed by atoms with Gasteiger partial charge in [0.1, 0.15) is 7.85 Å². The minimum absolute atomic E-state index is 0.0286. The molecule has 1 fully saturated rings. The molecule has 0 aliphatic heterocycles. The Balaban J connectivity index is 2.80. The molecule has 5 atom stereocenters. The average Bonchev–Trinajstić information content (AvgIpc) is 2.60. The highest BCUT2D eigenvalue weighted by molar-refractivity contribution is 7.51. The summed E-state index contributed by atoms with van der Waals surface area (Å²) in [5.74, 6) is -0.207. The van der Waals surface area contributed by atoms with Gasteiger partial charge >= 0.3 is 15.4 Å². The highest BCUT2D eigenvalue weighted by atomic mass is 31.2. The van der Waals surface area contributed by atoms with E-state index in [4.69, 9.17) is 23.6 Å². The molecule has 0 aromatic carbocycles. The summed E-state index contributed by atoms with van der Waals surface area (Å²) in [5.41, 5.74) is 0. The fourth-order valence-corrected chi connectivity index (χ4v) is 4.47. The van der Waals surface area contributed by atoms with E-state index in [1.165, 1.54) is 7.11 Å². The number of hydrogen-bond acceptors (Lipinski definition) is 5. The molecule has 1 saturated carbocycles. The predicted molar refractivity (Wildman–Crippen MR) is 79.1 cm³/mol. The smallest absolute Gasteiger partial charge is 0.379 e. The topological polar surface area (TPSA) is 123 Å². The van der Waals surface area contributed by atoms with Crippen LogP contribution in [0, 0.1) is 5.92 Å². The van der Waals surface area contributed by atoms with Gasteiger partial charge in [-0.25, -0.2) is 4.57 Å². The summed E-state index contributed by atoms with van der Waals surface area (Å²) in [6.07, 6.45) is -0.613. The Labute approximate surface area is 125 Å². The van der Waals surface area contributed by atoms with Gasteiger partial charge < -0.3 is 19.4 Å². The fourth-order valence-electron chi connectivity index (χ4n) is 2.81. The molecule has 0 spiro atoms. The molecule has 0 heterocycles. The number of hydrogen-bond donors (Lipinski definition) is 3. The molecule has 1 aliphatic carbocycles. The number of phosphoric ester groups is 1. The Bertz CT molecular complexity index is 427. The SMILES string of the molecule is BC1C[C@H](CCP(=O)(O)O)[C@@H](OP(=O)(O)OCC)[C@H]1OC. The van der Waals surface area contributed by atoms with Gasteiger partial charge in [-0.05, 0) is 31.5 Å². The van der Waals surface area contributed by atoms with Gasteiger partial charge in [0, 0.05) is 7.11 Å². The minimum Gasteiger partial charge on any atom is -0.379 e. The van der Waals surface area contributed by atoms with E-state index in [2.05, 4.69) is 0 Å². The van der Waals surface area contributed by atoms with Crippen molar-refractivity contribution in [1.82, 2.24) is 0 Å². The lowest BCUT2D eigenvalue weighted by molar-refractivity contribution is -0.0127. The van der Waals surface area contributed by atoms with Crippen molar-refractivity contribution in [2.75, 3.05) is 19.9 Å². The average molecular weight is 344 g/mol. The number of ether oxygens (including phenoxy) is 1. The fraction of sp³-hybridized carbons (Fsp3) is 1.00. The van der Waals surface area contributed by atoms with Crippen LogP contribution in [0.5, 0.6) is 0 Å². The van der Waals surface area contributed by atoms with Gasteiger partial charge in [-0.1, -0.05) is 0 Å². The molecule has 11 heteroatoms. The molecular weight excluding hydrogens is 321 g/mol. The van der Waals surface area contributed by atoms with E-state index in [9.17, 15) is 14.0 Å². The Morgan fingerprint density at radius 1 is 1.24 bits per heavy atom. The molecule has 2 unspecified atom stereocenters. The van der Waals surface area contributed by atoms with Crippen molar-refractivity contribution < 1.29 is 37.6 Å². The molecular formula is C10H23BO8P2. The zero-order chi connectivity index (χ0) is 16.3. The first-order chi connectivity index (χ1) is 9.59. The van der Waals surface area contributed by atoms with E-state index in [0.29, 0.717) is 6.42 Å². The summed E-state index contributed by atoms with van der Waals surface area (Å²) in [4.78, 5) is 27.6. The molecule has 3 N–H and O–H groups in total. The second-order valence-corrected chi connectivity index (χ2v) is 8.49. The Kier molecular flexibility index (Phi) is 7.10. The first kappa shape index (κ1) is 19.3. The summed E-state index contributed by atoms with van der Waals surface area (Å²) in [5, 5.41) is 0. The normalized spacial score (nSPS) is 33.0. The van der Waals surface area contributed by atoms with E-state index in [1.807, 2.05) is 7.85 Å². The van der Waals surface area contributed by atoms with Gasteiger partial charge in [0.15, 0.2) is 0 Å². The molecule has 0 bridgehead atoms. The van der Waals surface area contributed by atoms with Crippen molar-refractivity contribution in [2.45, 2.75) is 37.8 Å². The lowest BCUT2D eigenvalue weighted by Gasteiger charge is -2.26. The van der Waals surface area contributed by atoms with Crippen molar-refractivity contribution >= 4 is 23.3 Å². The minimum atomic E-state index is -4.19. The summed E-state index contributed by atoms with van der Waals surface area (Å²) >= 11 is 0. The molecule has 0 amide bonds. The standard InChI is InChI=1S/C10H23BO8P2/c1-3-18-21(15,16)19-9-7(4-5-20(12,13)14)6-8(11)10(9)17-2/h7-10H,3-6,11H2,1-2H3,(H,15,16)(H2,12,13,14)/t7-,8?,9+,10-/m0/s1. The summed E-state index contributed by atoms with van der Waals surface area (Å²) < 4.78 is 38.0. The van der Waals surface area contributed by atoms with Gasteiger partial charge in [-0.2, -0.15) is 0 Å². The second kappa shape index (κ2) is 7.71. The van der Waals surface area contributed by atoms with Crippen molar-refractivity contribution in [1.29, 1.82) is 0 Å². The third-order valence-corrected chi connectivity index (χ3v) is 5.57. The molecule has 1 aliphatic rings. The van der Waals surface area contributed by atoms with Crippen molar-refractivity contribution in [3.63, 3.8) is 0 Å². The number of phosphoric acid groups is 1. The lowest BCUT2D eigenvalue weighted by Crippen LogP contribution is -2.31. The Morgan fingerprint density at radius 3 is 2.33 bits per heavy atom. The van der Waals surface area contributed by atoms with Crippen molar-refractivity contribution in [3.8, 4) is 0 Å². The maximum Gasteiger partial charge on any atom is 0.472 e. The lowest BCUT2D eigenvalue weighted by atomic mass is 9.83. The highest BCUT2D eigenvalue weighted by Gasteiger charge is 2.45. The van der Waals surface area contributed by atoms with Crippen LogP contribution in [0.15, 0.2) is 0 Å². The second-order valence-electron chi connectivity index (χ2n) is 5.31. The maximum atomic E-state index is 11.8. The Hall–Kier alpha value is 0.285. The highest BCUT2D eigenvalue weighted by Crippen LogP contribution is 2.52. The van der Waals surface area contributed by atoms with Crippen LogP contribution in [0.25, 0.3) is 0 Å². The third-order valence-electron chi connectivity index (χ3n) is 3.63. The van der Waals surface area contributed by atoms with E-state index >= 15 is 0 Å². The molecule has 21 heavy (non-hydrogen) atoms. The van der Waals surface area contributed by atoms with Gasteiger partial charge in [-0.15, -0.1) is 0 Å². The van der Waals surface area contributed by atoms with Crippen molar-refractivity contribution in [3.05, 3.63) is 0 Å². The number of rotatable bonds is 8. The maximum absolute atomic E-state index is 11.8. The molecule has 1 rings (SSSR count). The molecule has 124 valence electrons. The largest absolute Gasteiger partial charge is 0.472 e. The third kappa shape index (κ3) is 6.12. The number of methoxy groups -OCH3 is 1. The van der Waals surface area contributed by atoms with Crippen LogP contribution >= 0.6 is 15.4 Å². The first-order valence-corrected chi connectivity index (χ1v) is 10.1. The van der Waals surface area contributed by atoms with Crippen LogP contribution < -0.4 is 0 Å². The molecule has 0 saturated heterocycles. The van der Waals surface area contributed by atoms with E-state index in [1.54, 1.807) is 6.92 Å². The molecule has 8 nitrogen and oxygen atoms in total. The van der Waals surface area contributed by atoms with Gasteiger partial charge in [0.05, 0.1) is 25.0 Å². The monoisotopic (exact) mass is 344 g/mol. The summed E-state index contributed by atoms with van der Waals surface area (Å²) in [6.45, 7) is 1.60. The van der Waals surface area contributed by atoms with Crippen LogP contribution in [0.1, 0.15) is 19.8 Å². The Morgan fingerprint density at radius 2 is 1.86 bits per heavy atom. The molecule has 0 aromatic heterocycles. The van der Waals surface area contributed by atoms with E-state index < -0.39 is 27.6 Å². The van der Waals surface area contributed by atoms with Crippen LogP contribution in [0.2, 0.25) is 5.82 Å². The van der Waals surface area contributed by atoms with Crippen molar-refractivity contribution in [2.24, 2.45) is 5.92 Å². The van der Waals surface area contributed by atoms with Gasteiger partial charge in [-0.3, -0.25) is 13.6 Å². The van der Waals surface area contributed by atoms with Crippen LogP contribution in [-0.4, -0.2) is 54.6 Å². The van der Waals surface area contributed by atoms with E-state index in [-0.39, 0.29) is 30.9 Å². The zero-order valence-electron chi connectivity index (χ0n) is 12.4. The first-order valence-electron chi connectivity index (χ1n) is 6.82. The summed E-state index contributed by atoms with van der Waals surface area (Å²) in [7, 11) is -4.92.